The van der Waals surface area contributed by atoms with E-state index in [4.69, 9.17) is 0 Å². The average Bonchev–Trinajstić information content (AvgIpc) is 3.20. The van der Waals surface area contributed by atoms with Crippen LogP contribution in [-0.4, -0.2) is 25.6 Å². The minimum absolute atomic E-state index is 0.0229. The molecule has 1 fully saturated rings. The summed E-state index contributed by atoms with van der Waals surface area (Å²) >= 11 is 0. The number of aromatic amines is 1. The molecule has 0 spiro atoms. The number of rotatable bonds is 6. The second-order valence-corrected chi connectivity index (χ2v) is 6.05. The van der Waals surface area contributed by atoms with Gasteiger partial charge in [0.05, 0.1) is 13.1 Å². The van der Waals surface area contributed by atoms with Gasteiger partial charge in [-0.05, 0) is 19.3 Å². The normalized spacial score (nSPS) is 15.5. The number of fused-ring (bicyclic) bond motifs is 1. The second-order valence-electron chi connectivity index (χ2n) is 6.05. The molecule has 0 unspecified atom stereocenters. The van der Waals surface area contributed by atoms with Gasteiger partial charge in [-0.3, -0.25) is 13.9 Å². The van der Waals surface area contributed by atoms with Gasteiger partial charge in [-0.1, -0.05) is 24.9 Å². The molecule has 1 N–H and O–H groups in total. The molecule has 2 heterocycles. The smallest absolute Gasteiger partial charge is 0.332 e. The summed E-state index contributed by atoms with van der Waals surface area (Å²) in [6, 6.07) is 0. The summed E-state index contributed by atoms with van der Waals surface area (Å²) in [5, 5.41) is 2.83. The van der Waals surface area contributed by atoms with Crippen LogP contribution < -0.4 is 11.2 Å². The van der Waals surface area contributed by atoms with Crippen LogP contribution in [0, 0.1) is 4.91 Å². The van der Waals surface area contributed by atoms with Crippen LogP contribution in [0.25, 0.3) is 11.2 Å². The van der Waals surface area contributed by atoms with Gasteiger partial charge in [0.2, 0.25) is 0 Å². The van der Waals surface area contributed by atoms with Crippen molar-refractivity contribution in [3.05, 3.63) is 31.6 Å². The van der Waals surface area contributed by atoms with Gasteiger partial charge < -0.3 is 4.98 Å². The van der Waals surface area contributed by atoms with Gasteiger partial charge in [-0.2, -0.15) is 4.91 Å². The molecule has 23 heavy (non-hydrogen) atoms. The highest BCUT2D eigenvalue weighted by Crippen LogP contribution is 2.32. The SMILES string of the molecule is CCCn1c(=O)c2[nH]c(C3CCCC3)nc2n(CCN=O)c1=O. The van der Waals surface area contributed by atoms with Gasteiger partial charge in [0.15, 0.2) is 5.65 Å². The first-order chi connectivity index (χ1) is 11.2. The van der Waals surface area contributed by atoms with Crippen molar-refractivity contribution in [3.8, 4) is 0 Å². The van der Waals surface area contributed by atoms with Crippen LogP contribution in [0.1, 0.15) is 50.8 Å². The monoisotopic (exact) mass is 319 g/mol. The van der Waals surface area contributed by atoms with Crippen LogP contribution in [0.4, 0.5) is 0 Å². The topological polar surface area (TPSA) is 102 Å². The summed E-state index contributed by atoms with van der Waals surface area (Å²) in [6.45, 7) is 2.37. The molecule has 0 bridgehead atoms. The van der Waals surface area contributed by atoms with Crippen LogP contribution >= 0.6 is 0 Å². The molecule has 0 radical (unpaired) electrons. The van der Waals surface area contributed by atoms with E-state index in [1.54, 1.807) is 0 Å². The Bertz CT molecular complexity index is 826. The maximum absolute atomic E-state index is 12.6. The highest BCUT2D eigenvalue weighted by molar-refractivity contribution is 5.70. The Morgan fingerprint density at radius 1 is 1.22 bits per heavy atom. The molecule has 8 nitrogen and oxygen atoms in total. The van der Waals surface area contributed by atoms with Gasteiger partial charge in [0.25, 0.3) is 5.56 Å². The summed E-state index contributed by atoms with van der Waals surface area (Å²) in [5.74, 6) is 1.09. The third-order valence-electron chi connectivity index (χ3n) is 4.48. The Morgan fingerprint density at radius 2 is 1.96 bits per heavy atom. The molecule has 2 aromatic rings. The van der Waals surface area contributed by atoms with Crippen molar-refractivity contribution >= 4 is 11.2 Å². The molecule has 0 aliphatic heterocycles. The van der Waals surface area contributed by atoms with Crippen molar-refractivity contribution in [2.75, 3.05) is 6.54 Å². The van der Waals surface area contributed by atoms with Crippen molar-refractivity contribution in [2.24, 2.45) is 5.18 Å². The van der Waals surface area contributed by atoms with E-state index in [9.17, 15) is 14.5 Å². The van der Waals surface area contributed by atoms with Gasteiger partial charge in [0.1, 0.15) is 11.3 Å². The van der Waals surface area contributed by atoms with E-state index < -0.39 is 5.69 Å². The summed E-state index contributed by atoms with van der Waals surface area (Å²) in [5.41, 5.74) is -0.0554. The molecule has 0 amide bonds. The predicted octanol–water partition coefficient (Wildman–Crippen LogP) is 1.72. The number of imidazole rings is 1. The van der Waals surface area contributed by atoms with Crippen molar-refractivity contribution in [1.29, 1.82) is 0 Å². The minimum atomic E-state index is -0.419. The van der Waals surface area contributed by atoms with Crippen molar-refractivity contribution in [1.82, 2.24) is 19.1 Å². The van der Waals surface area contributed by atoms with Crippen molar-refractivity contribution in [3.63, 3.8) is 0 Å². The fraction of sp³-hybridized carbons (Fsp3) is 0.667. The van der Waals surface area contributed by atoms with E-state index in [1.807, 2.05) is 6.92 Å². The summed E-state index contributed by atoms with van der Waals surface area (Å²) in [7, 11) is 0. The molecular weight excluding hydrogens is 298 g/mol. The predicted molar refractivity (Wildman–Crippen MR) is 86.8 cm³/mol. The Morgan fingerprint density at radius 3 is 2.61 bits per heavy atom. The van der Waals surface area contributed by atoms with Gasteiger partial charge in [-0.25, -0.2) is 9.78 Å². The summed E-state index contributed by atoms with van der Waals surface area (Å²) in [6.07, 6.45) is 5.08. The molecule has 8 heteroatoms. The lowest BCUT2D eigenvalue weighted by molar-refractivity contribution is 0.563. The third kappa shape index (κ3) is 2.73. The number of hydrogen-bond acceptors (Lipinski definition) is 5. The lowest BCUT2D eigenvalue weighted by Gasteiger charge is -2.08. The van der Waals surface area contributed by atoms with Crippen LogP contribution in [0.3, 0.4) is 0 Å². The largest absolute Gasteiger partial charge is 0.336 e. The van der Waals surface area contributed by atoms with Gasteiger partial charge in [0, 0.05) is 12.5 Å². The molecular formula is C15H21N5O3. The average molecular weight is 319 g/mol. The van der Waals surface area contributed by atoms with E-state index in [2.05, 4.69) is 15.1 Å². The lowest BCUT2D eigenvalue weighted by Crippen LogP contribution is -2.40. The first-order valence-electron chi connectivity index (χ1n) is 8.19. The zero-order chi connectivity index (χ0) is 16.4. The van der Waals surface area contributed by atoms with Crippen LogP contribution in [-0.2, 0) is 13.1 Å². The van der Waals surface area contributed by atoms with E-state index in [0.717, 1.165) is 31.5 Å². The quantitative estimate of drug-likeness (QED) is 0.819. The van der Waals surface area contributed by atoms with Crippen molar-refractivity contribution < 1.29 is 0 Å². The van der Waals surface area contributed by atoms with E-state index >= 15 is 0 Å². The molecule has 1 aliphatic rings. The Labute approximate surface area is 132 Å². The Balaban J connectivity index is 2.21. The fourth-order valence-corrected chi connectivity index (χ4v) is 3.34. The first-order valence-corrected chi connectivity index (χ1v) is 8.19. The standard InChI is InChI=1S/C15H21N5O3/c1-2-8-20-14(21)11-13(19(15(20)22)9-7-16-23)18-12(17-11)10-5-3-4-6-10/h10H,2-9H2,1H3,(H,17,18). The number of nitroso groups, excluding NO2 is 1. The maximum Gasteiger partial charge on any atom is 0.332 e. The lowest BCUT2D eigenvalue weighted by atomic mass is 10.1. The number of nitrogens with one attached hydrogen (secondary N) is 1. The van der Waals surface area contributed by atoms with E-state index in [-0.39, 0.29) is 18.6 Å². The van der Waals surface area contributed by atoms with E-state index in [1.165, 1.54) is 9.13 Å². The zero-order valence-electron chi connectivity index (χ0n) is 13.2. The number of aromatic nitrogens is 4. The summed E-state index contributed by atoms with van der Waals surface area (Å²) < 4.78 is 2.60. The molecule has 124 valence electrons. The number of hydrogen-bond donors (Lipinski definition) is 1. The van der Waals surface area contributed by atoms with Crippen LogP contribution in [0.5, 0.6) is 0 Å². The van der Waals surface area contributed by atoms with Crippen LogP contribution in [0.15, 0.2) is 14.8 Å². The number of nitrogens with zero attached hydrogens (tertiary/aromatic N) is 4. The molecule has 0 atom stereocenters. The molecule has 2 aromatic heterocycles. The highest BCUT2D eigenvalue weighted by atomic mass is 16.3. The molecule has 3 rings (SSSR count). The van der Waals surface area contributed by atoms with Crippen molar-refractivity contribution in [2.45, 2.75) is 58.0 Å². The minimum Gasteiger partial charge on any atom is -0.336 e. The summed E-state index contributed by atoms with van der Waals surface area (Å²) in [4.78, 5) is 43.3. The Hall–Kier alpha value is -2.25. The zero-order valence-corrected chi connectivity index (χ0v) is 13.2. The number of H-pyrrole nitrogens is 1. The van der Waals surface area contributed by atoms with Crippen LogP contribution in [0.2, 0.25) is 0 Å². The molecule has 0 saturated heterocycles. The van der Waals surface area contributed by atoms with E-state index in [0.29, 0.717) is 30.0 Å². The fourth-order valence-electron chi connectivity index (χ4n) is 3.34. The molecule has 1 saturated carbocycles. The van der Waals surface area contributed by atoms with Gasteiger partial charge in [-0.15, -0.1) is 0 Å². The first kappa shape index (κ1) is 15.6. The molecule has 1 aliphatic carbocycles. The second kappa shape index (κ2) is 6.47. The maximum atomic E-state index is 12.6. The molecule has 0 aromatic carbocycles. The Kier molecular flexibility index (Phi) is 4.40. The third-order valence-corrected chi connectivity index (χ3v) is 4.48. The van der Waals surface area contributed by atoms with Gasteiger partial charge >= 0.3 is 5.69 Å². The highest BCUT2D eigenvalue weighted by Gasteiger charge is 2.23.